The number of thioether (sulfide) groups is 1. The van der Waals surface area contributed by atoms with E-state index in [0.717, 1.165) is 30.8 Å². The van der Waals surface area contributed by atoms with Gasteiger partial charge in [0.05, 0.1) is 6.21 Å². The fraction of sp³-hybridized carbons (Fsp3) is 0.333. The van der Waals surface area contributed by atoms with Gasteiger partial charge in [-0.15, -0.1) is 5.10 Å². The number of hydrogen-bond donors (Lipinski definition) is 1. The lowest BCUT2D eigenvalue weighted by molar-refractivity contribution is 0.681. The third-order valence-electron chi connectivity index (χ3n) is 4.40. The molecule has 4 nitrogen and oxygen atoms in total. The van der Waals surface area contributed by atoms with Crippen LogP contribution in [0.4, 0.5) is 5.69 Å². The number of rotatable bonds is 6. The number of aryl methyl sites for hydroxylation is 1. The molecule has 0 bridgehead atoms. The van der Waals surface area contributed by atoms with Crippen LogP contribution in [-0.4, -0.2) is 24.5 Å². The zero-order valence-corrected chi connectivity index (χ0v) is 16.1. The molecule has 5 heteroatoms. The number of nitrogens with zero attached hydrogens (tertiary/aromatic N) is 3. The molecule has 1 heterocycles. The summed E-state index contributed by atoms with van der Waals surface area (Å²) in [6.45, 7) is 4.52. The molecule has 0 aliphatic carbocycles. The van der Waals surface area contributed by atoms with Crippen molar-refractivity contribution in [3.8, 4) is 0 Å². The highest BCUT2D eigenvalue weighted by Gasteiger charge is 2.15. The van der Waals surface area contributed by atoms with E-state index >= 15 is 0 Å². The molecule has 0 radical (unpaired) electrons. The van der Waals surface area contributed by atoms with Crippen molar-refractivity contribution in [2.75, 3.05) is 18.0 Å². The van der Waals surface area contributed by atoms with Crippen LogP contribution < -0.4 is 10.6 Å². The number of fused-ring (bicyclic) bond motifs is 1. The largest absolute Gasteiger partial charge is 0.377 e. The molecular formula is C21H26N4S. The Kier molecular flexibility index (Phi) is 6.72. The smallest absolute Gasteiger partial charge is 0.180 e. The molecule has 1 aliphatic heterocycles. The van der Waals surface area contributed by atoms with Crippen LogP contribution in [0.15, 0.2) is 58.7 Å². The van der Waals surface area contributed by atoms with Gasteiger partial charge in [-0.25, -0.2) is 0 Å². The van der Waals surface area contributed by atoms with Crippen molar-refractivity contribution in [3.63, 3.8) is 0 Å². The number of benzene rings is 2. The van der Waals surface area contributed by atoms with Gasteiger partial charge in [0.2, 0.25) is 0 Å². The van der Waals surface area contributed by atoms with E-state index in [4.69, 9.17) is 5.73 Å². The molecular weight excluding hydrogens is 340 g/mol. The Labute approximate surface area is 160 Å². The Morgan fingerprint density at radius 1 is 1.23 bits per heavy atom. The van der Waals surface area contributed by atoms with Crippen LogP contribution in [0, 0.1) is 0 Å². The normalized spacial score (nSPS) is 14.7. The van der Waals surface area contributed by atoms with Crippen molar-refractivity contribution < 1.29 is 0 Å². The first-order valence-corrected chi connectivity index (χ1v) is 10.2. The van der Waals surface area contributed by atoms with Gasteiger partial charge in [-0.2, -0.15) is 5.10 Å². The highest BCUT2D eigenvalue weighted by atomic mass is 32.2. The molecule has 0 saturated carbocycles. The Morgan fingerprint density at radius 3 is 2.88 bits per heavy atom. The van der Waals surface area contributed by atoms with Gasteiger partial charge in [-0.05, 0) is 48.1 Å². The van der Waals surface area contributed by atoms with Crippen LogP contribution in [0.25, 0.3) is 0 Å². The lowest BCUT2D eigenvalue weighted by atomic mass is 9.99. The molecule has 2 aromatic rings. The van der Waals surface area contributed by atoms with Crippen molar-refractivity contribution >= 4 is 28.8 Å². The van der Waals surface area contributed by atoms with Gasteiger partial charge in [0.25, 0.3) is 0 Å². The van der Waals surface area contributed by atoms with Crippen LogP contribution in [0.1, 0.15) is 36.5 Å². The zero-order valence-electron chi connectivity index (χ0n) is 15.3. The highest BCUT2D eigenvalue weighted by molar-refractivity contribution is 8.13. The Morgan fingerprint density at radius 2 is 2.08 bits per heavy atom. The molecule has 0 aromatic heterocycles. The first-order valence-electron chi connectivity index (χ1n) is 9.17. The molecule has 0 spiro atoms. The molecule has 136 valence electrons. The van der Waals surface area contributed by atoms with E-state index in [-0.39, 0.29) is 0 Å². The standard InChI is InChI=1S/C21H26N4S/c1-2-12-25-13-6-9-19-14-18(10-11-20(19)25)15-23-24-21(22)26-16-17-7-4-3-5-8-17/h3-5,7-8,10-11,14-15H,2,6,9,12-13,16H2,1H3,(H2,22,24). The second-order valence-corrected chi connectivity index (χ2v) is 7.43. The topological polar surface area (TPSA) is 54.0 Å². The van der Waals surface area contributed by atoms with E-state index in [1.165, 1.54) is 41.4 Å². The Bertz CT molecular complexity index is 771. The predicted octanol–water partition coefficient (Wildman–Crippen LogP) is 4.43. The predicted molar refractivity (Wildman–Crippen MR) is 114 cm³/mol. The first-order chi connectivity index (χ1) is 12.8. The monoisotopic (exact) mass is 366 g/mol. The number of hydrogen-bond acceptors (Lipinski definition) is 4. The van der Waals surface area contributed by atoms with Gasteiger partial charge in [0.1, 0.15) is 0 Å². The zero-order chi connectivity index (χ0) is 18.2. The molecule has 0 unspecified atom stereocenters. The Balaban J connectivity index is 1.59. The number of nitrogens with two attached hydrogens (primary N) is 1. The van der Waals surface area contributed by atoms with E-state index in [0.29, 0.717) is 5.17 Å². The van der Waals surface area contributed by atoms with E-state index in [1.54, 1.807) is 6.21 Å². The van der Waals surface area contributed by atoms with Gasteiger partial charge in [-0.1, -0.05) is 55.1 Å². The lowest BCUT2D eigenvalue weighted by Crippen LogP contribution is -2.30. The summed E-state index contributed by atoms with van der Waals surface area (Å²) in [7, 11) is 0. The van der Waals surface area contributed by atoms with Crippen molar-refractivity contribution in [3.05, 3.63) is 65.2 Å². The van der Waals surface area contributed by atoms with Crippen molar-refractivity contribution in [1.29, 1.82) is 0 Å². The minimum absolute atomic E-state index is 0.484. The van der Waals surface area contributed by atoms with Gasteiger partial charge in [-0.3, -0.25) is 0 Å². The van der Waals surface area contributed by atoms with Crippen LogP contribution in [-0.2, 0) is 12.2 Å². The van der Waals surface area contributed by atoms with Crippen molar-refractivity contribution in [2.24, 2.45) is 15.9 Å². The van der Waals surface area contributed by atoms with Gasteiger partial charge in [0, 0.05) is 24.5 Å². The minimum atomic E-state index is 0.484. The van der Waals surface area contributed by atoms with Crippen LogP contribution >= 0.6 is 11.8 Å². The summed E-state index contributed by atoms with van der Waals surface area (Å²) < 4.78 is 0. The fourth-order valence-electron chi connectivity index (χ4n) is 3.19. The minimum Gasteiger partial charge on any atom is -0.377 e. The first kappa shape index (κ1) is 18.5. The van der Waals surface area contributed by atoms with Crippen LogP contribution in [0.3, 0.4) is 0 Å². The maximum Gasteiger partial charge on any atom is 0.180 e. The molecule has 1 aliphatic rings. The molecule has 3 rings (SSSR count). The summed E-state index contributed by atoms with van der Waals surface area (Å²) in [5.74, 6) is 0.803. The van der Waals surface area contributed by atoms with Gasteiger partial charge in [0.15, 0.2) is 5.17 Å². The molecule has 2 aromatic carbocycles. The number of anilines is 1. The molecule has 26 heavy (non-hydrogen) atoms. The van der Waals surface area contributed by atoms with Crippen molar-refractivity contribution in [2.45, 2.75) is 31.9 Å². The van der Waals surface area contributed by atoms with Crippen LogP contribution in [0.5, 0.6) is 0 Å². The molecule has 2 N–H and O–H groups in total. The van der Waals surface area contributed by atoms with E-state index < -0.39 is 0 Å². The highest BCUT2D eigenvalue weighted by Crippen LogP contribution is 2.27. The average molecular weight is 367 g/mol. The van der Waals surface area contributed by atoms with E-state index in [2.05, 4.69) is 52.4 Å². The SMILES string of the molecule is CCCN1CCCc2cc(C=NN=C(N)SCc3ccccc3)ccc21. The summed E-state index contributed by atoms with van der Waals surface area (Å²) >= 11 is 1.50. The molecule has 0 amide bonds. The van der Waals surface area contributed by atoms with Crippen LogP contribution in [0.2, 0.25) is 0 Å². The third-order valence-corrected chi connectivity index (χ3v) is 5.26. The molecule has 0 atom stereocenters. The summed E-state index contributed by atoms with van der Waals surface area (Å²) in [6, 6.07) is 16.8. The lowest BCUT2D eigenvalue weighted by Gasteiger charge is -2.31. The molecule has 0 fully saturated rings. The summed E-state index contributed by atoms with van der Waals surface area (Å²) in [4.78, 5) is 2.48. The second-order valence-electron chi connectivity index (χ2n) is 6.44. The summed E-state index contributed by atoms with van der Waals surface area (Å²) in [6.07, 6.45) is 5.32. The summed E-state index contributed by atoms with van der Waals surface area (Å²) in [5.41, 5.74) is 11.0. The maximum absolute atomic E-state index is 5.94. The van der Waals surface area contributed by atoms with Crippen molar-refractivity contribution in [1.82, 2.24) is 0 Å². The summed E-state index contributed by atoms with van der Waals surface area (Å²) in [5, 5.41) is 8.75. The third kappa shape index (κ3) is 5.11. The van der Waals surface area contributed by atoms with E-state index in [9.17, 15) is 0 Å². The second kappa shape index (κ2) is 9.43. The van der Waals surface area contributed by atoms with E-state index in [1.807, 2.05) is 18.2 Å². The Hall–Kier alpha value is -2.27. The average Bonchev–Trinajstić information content (AvgIpc) is 2.67. The maximum atomic E-state index is 5.94. The van der Waals surface area contributed by atoms with Gasteiger partial charge >= 0.3 is 0 Å². The quantitative estimate of drug-likeness (QED) is 0.467. The fourth-order valence-corrected chi connectivity index (χ4v) is 3.80. The van der Waals surface area contributed by atoms with Gasteiger partial charge < -0.3 is 10.6 Å². The molecule has 0 saturated heterocycles. The number of amidine groups is 1.